The van der Waals surface area contributed by atoms with E-state index < -0.39 is 16.0 Å². The topological polar surface area (TPSA) is 131 Å². The third-order valence-corrected chi connectivity index (χ3v) is 6.88. The van der Waals surface area contributed by atoms with Gasteiger partial charge in [-0.15, -0.1) is 0 Å². The van der Waals surface area contributed by atoms with Crippen LogP contribution in [0.3, 0.4) is 0 Å². The first-order chi connectivity index (χ1) is 15.7. The normalized spacial score (nSPS) is 11.0. The van der Waals surface area contributed by atoms with Crippen molar-refractivity contribution in [3.05, 3.63) is 48.0 Å². The highest BCUT2D eigenvalue weighted by Gasteiger charge is 2.15. The van der Waals surface area contributed by atoms with Gasteiger partial charge in [-0.3, -0.25) is 14.3 Å². The molecule has 2 aromatic rings. The second kappa shape index (κ2) is 12.9. The number of carbonyl (C=O) groups is 2. The Balaban J connectivity index is 1.82. The van der Waals surface area contributed by atoms with Gasteiger partial charge in [0.2, 0.25) is 5.91 Å². The van der Waals surface area contributed by atoms with Gasteiger partial charge in [0, 0.05) is 18.4 Å². The number of carbonyl (C=O) groups excluding carboxylic acids is 1. The predicted octanol–water partition coefficient (Wildman–Crippen LogP) is 2.76. The van der Waals surface area contributed by atoms with Gasteiger partial charge in [0.15, 0.2) is 11.5 Å². The van der Waals surface area contributed by atoms with E-state index >= 15 is 0 Å². The fraction of sp³-hybridized carbons (Fsp3) is 0.364. The summed E-state index contributed by atoms with van der Waals surface area (Å²) in [7, 11) is -0.795. The highest BCUT2D eigenvalue weighted by Crippen LogP contribution is 2.30. The van der Waals surface area contributed by atoms with Crippen LogP contribution in [0.5, 0.6) is 11.5 Å². The van der Waals surface area contributed by atoms with Crippen LogP contribution < -0.4 is 19.5 Å². The number of thioether (sulfide) groups is 1. The minimum absolute atomic E-state index is 0.0352. The first-order valence-corrected chi connectivity index (χ1v) is 12.8. The fourth-order valence-corrected chi connectivity index (χ4v) is 4.65. The maximum atomic E-state index is 12.7. The molecule has 0 atom stereocenters. The number of anilines is 1. The van der Waals surface area contributed by atoms with E-state index in [4.69, 9.17) is 14.6 Å². The molecule has 180 valence electrons. The Morgan fingerprint density at radius 3 is 2.36 bits per heavy atom. The molecule has 1 amide bonds. The Labute approximate surface area is 197 Å². The molecular weight excluding hydrogens is 468 g/mol. The summed E-state index contributed by atoms with van der Waals surface area (Å²) in [5.41, 5.74) is 1.30. The van der Waals surface area contributed by atoms with Crippen LogP contribution in [0.25, 0.3) is 0 Å². The van der Waals surface area contributed by atoms with Gasteiger partial charge in [-0.2, -0.15) is 11.8 Å². The number of benzene rings is 2. The lowest BCUT2D eigenvalue weighted by molar-refractivity contribution is -0.136. The van der Waals surface area contributed by atoms with E-state index in [-0.39, 0.29) is 23.0 Å². The Morgan fingerprint density at radius 1 is 1.03 bits per heavy atom. The number of sulfonamides is 1. The molecular formula is C22H28N2O7S2. The number of carboxylic acid groups (broad SMARTS) is 1. The molecule has 2 aromatic carbocycles. The number of ether oxygens (including phenoxy) is 2. The number of carboxylic acids is 1. The van der Waals surface area contributed by atoms with Crippen molar-refractivity contribution >= 4 is 39.3 Å². The maximum absolute atomic E-state index is 12.7. The molecule has 0 aromatic heterocycles. The Morgan fingerprint density at radius 2 is 1.73 bits per heavy atom. The first kappa shape index (κ1) is 26.3. The fourth-order valence-electron chi connectivity index (χ4n) is 2.84. The molecule has 0 bridgehead atoms. The maximum Gasteiger partial charge on any atom is 0.304 e. The second-order valence-corrected chi connectivity index (χ2v) is 9.76. The zero-order chi connectivity index (χ0) is 24.3. The third-order valence-electron chi connectivity index (χ3n) is 4.53. The van der Waals surface area contributed by atoms with E-state index in [1.807, 2.05) is 0 Å². The monoisotopic (exact) mass is 496 g/mol. The molecule has 0 radical (unpaired) electrons. The Kier molecular flexibility index (Phi) is 10.3. The summed E-state index contributed by atoms with van der Waals surface area (Å²) in [6.45, 7) is 0.485. The lowest BCUT2D eigenvalue weighted by atomic mass is 10.1. The van der Waals surface area contributed by atoms with Crippen molar-refractivity contribution in [1.29, 1.82) is 0 Å². The van der Waals surface area contributed by atoms with Crippen molar-refractivity contribution in [1.82, 2.24) is 5.32 Å². The molecule has 0 heterocycles. The van der Waals surface area contributed by atoms with E-state index in [1.54, 1.807) is 30.3 Å². The first-order valence-electron chi connectivity index (χ1n) is 10.1. The summed E-state index contributed by atoms with van der Waals surface area (Å²) in [5.74, 6) is 0.537. The van der Waals surface area contributed by atoms with Crippen LogP contribution in [0.2, 0.25) is 0 Å². The number of hydrogen-bond donors (Lipinski definition) is 3. The molecule has 3 N–H and O–H groups in total. The molecule has 0 saturated carbocycles. The predicted molar refractivity (Wildman–Crippen MR) is 128 cm³/mol. The summed E-state index contributed by atoms with van der Waals surface area (Å²) in [5, 5.41) is 11.4. The zero-order valence-corrected chi connectivity index (χ0v) is 20.1. The number of aliphatic carboxylic acids is 1. The van der Waals surface area contributed by atoms with Crippen molar-refractivity contribution < 1.29 is 32.6 Å². The van der Waals surface area contributed by atoms with Crippen LogP contribution in [-0.4, -0.2) is 57.7 Å². The number of aryl methyl sites for hydroxylation is 1. The summed E-state index contributed by atoms with van der Waals surface area (Å²) in [6.07, 6.45) is 1.41. The van der Waals surface area contributed by atoms with E-state index in [0.29, 0.717) is 42.3 Å². The van der Waals surface area contributed by atoms with Crippen molar-refractivity contribution in [2.45, 2.75) is 24.2 Å². The van der Waals surface area contributed by atoms with Gasteiger partial charge in [-0.1, -0.05) is 12.1 Å². The SMILES string of the molecule is COc1ccc(NS(=O)(=O)c2ccc(CCCNC(=O)CSCCC(=O)O)cc2)cc1OC. The second-order valence-electron chi connectivity index (χ2n) is 6.97. The molecule has 0 aliphatic carbocycles. The molecule has 0 spiro atoms. The van der Waals surface area contributed by atoms with E-state index in [9.17, 15) is 18.0 Å². The molecule has 0 unspecified atom stereocenters. The van der Waals surface area contributed by atoms with Crippen LogP contribution >= 0.6 is 11.8 Å². The third kappa shape index (κ3) is 8.85. The average molecular weight is 497 g/mol. The average Bonchev–Trinajstić information content (AvgIpc) is 2.79. The lowest BCUT2D eigenvalue weighted by Gasteiger charge is -2.12. The van der Waals surface area contributed by atoms with E-state index in [0.717, 1.165) is 5.56 Å². The van der Waals surface area contributed by atoms with E-state index in [1.165, 1.54) is 38.1 Å². The van der Waals surface area contributed by atoms with Crippen LogP contribution in [-0.2, 0) is 26.0 Å². The van der Waals surface area contributed by atoms with E-state index in [2.05, 4.69) is 10.0 Å². The molecule has 2 rings (SSSR count). The number of rotatable bonds is 14. The van der Waals surface area contributed by atoms with Gasteiger partial charge in [-0.25, -0.2) is 8.42 Å². The summed E-state index contributed by atoms with van der Waals surface area (Å²) < 4.78 is 38.2. The van der Waals surface area contributed by atoms with Gasteiger partial charge < -0.3 is 19.9 Å². The van der Waals surface area contributed by atoms with Crippen molar-refractivity contribution in [2.24, 2.45) is 0 Å². The quantitative estimate of drug-likeness (QED) is 0.340. The number of hydrogen-bond acceptors (Lipinski definition) is 7. The minimum atomic E-state index is -3.77. The molecule has 0 saturated heterocycles. The molecule has 0 aliphatic heterocycles. The molecule has 0 fully saturated rings. The lowest BCUT2D eigenvalue weighted by Crippen LogP contribution is -2.26. The molecule has 9 nitrogen and oxygen atoms in total. The molecule has 33 heavy (non-hydrogen) atoms. The molecule has 11 heteroatoms. The summed E-state index contributed by atoms with van der Waals surface area (Å²) >= 11 is 1.28. The highest BCUT2D eigenvalue weighted by molar-refractivity contribution is 7.99. The van der Waals surface area contributed by atoms with Crippen LogP contribution in [0.4, 0.5) is 5.69 Å². The number of nitrogens with one attached hydrogen (secondary N) is 2. The summed E-state index contributed by atoms with van der Waals surface area (Å²) in [4.78, 5) is 22.3. The van der Waals surface area contributed by atoms with Crippen LogP contribution in [0.1, 0.15) is 18.4 Å². The number of methoxy groups -OCH3 is 2. The van der Waals surface area contributed by atoms with Crippen LogP contribution in [0.15, 0.2) is 47.4 Å². The Hall–Kier alpha value is -2.92. The number of amides is 1. The van der Waals surface area contributed by atoms with Gasteiger partial charge >= 0.3 is 5.97 Å². The Bertz CT molecular complexity index is 1040. The zero-order valence-electron chi connectivity index (χ0n) is 18.5. The van der Waals surface area contributed by atoms with Gasteiger partial charge in [0.05, 0.1) is 37.0 Å². The van der Waals surface area contributed by atoms with Crippen molar-refractivity contribution in [3.63, 3.8) is 0 Å². The van der Waals surface area contributed by atoms with Gasteiger partial charge in [-0.05, 0) is 42.7 Å². The van der Waals surface area contributed by atoms with Gasteiger partial charge in [0.1, 0.15) is 0 Å². The van der Waals surface area contributed by atoms with Crippen molar-refractivity contribution in [3.8, 4) is 11.5 Å². The van der Waals surface area contributed by atoms with Crippen LogP contribution in [0, 0.1) is 0 Å². The minimum Gasteiger partial charge on any atom is -0.493 e. The largest absolute Gasteiger partial charge is 0.493 e. The standard InChI is InChI=1S/C22H28N2O7S2/c1-30-19-10-7-17(14-20(19)31-2)24-33(28,29)18-8-5-16(6-9-18)4-3-12-23-21(25)15-32-13-11-22(26)27/h5-10,14,24H,3-4,11-13,15H2,1-2H3,(H,23,25)(H,26,27). The highest BCUT2D eigenvalue weighted by atomic mass is 32.2. The van der Waals surface area contributed by atoms with Crippen molar-refractivity contribution in [2.75, 3.05) is 37.0 Å². The van der Waals surface area contributed by atoms with Gasteiger partial charge in [0.25, 0.3) is 10.0 Å². The smallest absolute Gasteiger partial charge is 0.304 e. The summed E-state index contributed by atoms with van der Waals surface area (Å²) in [6, 6.07) is 11.3. The molecule has 0 aliphatic rings.